The maximum atomic E-state index is 12.6. The largest absolute Gasteiger partial charge is 0.465 e. The molecule has 150 valence electrons. The highest BCUT2D eigenvalue weighted by molar-refractivity contribution is 5.98. The number of benzene rings is 2. The fourth-order valence-electron chi connectivity index (χ4n) is 3.15. The lowest BCUT2D eigenvalue weighted by Gasteiger charge is -2.14. The van der Waals surface area contributed by atoms with Gasteiger partial charge in [-0.15, -0.1) is 0 Å². The van der Waals surface area contributed by atoms with Gasteiger partial charge in [0.1, 0.15) is 5.75 Å². The molecule has 29 heavy (non-hydrogen) atoms. The second-order valence-electron chi connectivity index (χ2n) is 6.38. The molecular formula is C21H19NO7. The van der Waals surface area contributed by atoms with Gasteiger partial charge in [-0.2, -0.15) is 0 Å². The first-order valence-corrected chi connectivity index (χ1v) is 8.79. The molecule has 8 heteroatoms. The number of anilines is 1. The summed E-state index contributed by atoms with van der Waals surface area (Å²) in [5, 5.41) is 0. The van der Waals surface area contributed by atoms with E-state index in [4.69, 9.17) is 4.74 Å². The molecule has 1 aliphatic rings. The van der Waals surface area contributed by atoms with E-state index in [1.807, 2.05) is 0 Å². The number of nitrogens with zero attached hydrogens (tertiary/aromatic N) is 1. The molecule has 0 aliphatic carbocycles. The van der Waals surface area contributed by atoms with E-state index in [9.17, 15) is 19.2 Å². The van der Waals surface area contributed by atoms with Crippen molar-refractivity contribution in [2.24, 2.45) is 0 Å². The van der Waals surface area contributed by atoms with Crippen molar-refractivity contribution in [2.45, 2.75) is 13.3 Å². The fraction of sp³-hybridized carbons (Fsp3) is 0.238. The van der Waals surface area contributed by atoms with Crippen molar-refractivity contribution in [3.8, 4) is 5.75 Å². The van der Waals surface area contributed by atoms with Gasteiger partial charge in [0.25, 0.3) is 0 Å². The number of hydrogen-bond donors (Lipinski definition) is 0. The molecule has 0 N–H and O–H groups in total. The minimum Gasteiger partial charge on any atom is -0.465 e. The first kappa shape index (κ1) is 20.1. The molecule has 3 rings (SSSR count). The van der Waals surface area contributed by atoms with Crippen LogP contribution < -0.4 is 9.64 Å². The molecule has 8 nitrogen and oxygen atoms in total. The van der Waals surface area contributed by atoms with E-state index in [1.165, 1.54) is 39.3 Å². The average molecular weight is 397 g/mol. The zero-order chi connectivity index (χ0) is 21.1. The van der Waals surface area contributed by atoms with Crippen LogP contribution in [0.15, 0.2) is 36.4 Å². The molecule has 0 bridgehead atoms. The molecule has 0 aromatic heterocycles. The number of fused-ring (bicyclic) bond motifs is 1. The van der Waals surface area contributed by atoms with Gasteiger partial charge in [-0.05, 0) is 48.4 Å². The number of hydrogen-bond acceptors (Lipinski definition) is 7. The molecule has 0 fully saturated rings. The highest BCUT2D eigenvalue weighted by Gasteiger charge is 2.24. The van der Waals surface area contributed by atoms with Crippen LogP contribution in [0.25, 0.3) is 0 Å². The van der Waals surface area contributed by atoms with Crippen molar-refractivity contribution < 1.29 is 33.4 Å². The van der Waals surface area contributed by atoms with E-state index in [2.05, 4.69) is 9.47 Å². The normalized spacial score (nSPS) is 12.2. The van der Waals surface area contributed by atoms with E-state index < -0.39 is 17.9 Å². The van der Waals surface area contributed by atoms with Crippen molar-refractivity contribution in [3.05, 3.63) is 58.7 Å². The van der Waals surface area contributed by atoms with Crippen molar-refractivity contribution in [1.29, 1.82) is 0 Å². The molecule has 0 atom stereocenters. The Morgan fingerprint density at radius 1 is 0.828 bits per heavy atom. The molecule has 0 unspecified atom stereocenters. The summed E-state index contributed by atoms with van der Waals surface area (Å²) >= 11 is 0. The van der Waals surface area contributed by atoms with E-state index in [0.29, 0.717) is 13.0 Å². The Kier molecular flexibility index (Phi) is 5.63. The number of carbonyl (C=O) groups excluding carboxylic acids is 4. The van der Waals surface area contributed by atoms with Gasteiger partial charge in [-0.1, -0.05) is 0 Å². The van der Waals surface area contributed by atoms with Gasteiger partial charge in [0.05, 0.1) is 30.9 Å². The van der Waals surface area contributed by atoms with Crippen LogP contribution in [0.3, 0.4) is 0 Å². The van der Waals surface area contributed by atoms with E-state index in [0.717, 1.165) is 11.3 Å². The predicted octanol–water partition coefficient (Wildman–Crippen LogP) is 2.39. The van der Waals surface area contributed by atoms with E-state index >= 15 is 0 Å². The zero-order valence-electron chi connectivity index (χ0n) is 16.2. The maximum absolute atomic E-state index is 12.6. The summed E-state index contributed by atoms with van der Waals surface area (Å²) in [5.41, 5.74) is 2.02. The summed E-state index contributed by atoms with van der Waals surface area (Å²) in [5.74, 6) is -2.09. The van der Waals surface area contributed by atoms with E-state index in [-0.39, 0.29) is 28.3 Å². The second-order valence-corrected chi connectivity index (χ2v) is 6.38. The molecule has 0 saturated heterocycles. The van der Waals surface area contributed by atoms with Gasteiger partial charge >= 0.3 is 17.9 Å². The second kappa shape index (κ2) is 8.14. The first-order valence-electron chi connectivity index (χ1n) is 8.79. The Labute approximate surface area is 167 Å². The average Bonchev–Trinajstić information content (AvgIpc) is 3.15. The minimum atomic E-state index is -0.685. The summed E-state index contributed by atoms with van der Waals surface area (Å²) in [6.07, 6.45) is 0.639. The Balaban J connectivity index is 1.88. The van der Waals surface area contributed by atoms with Crippen molar-refractivity contribution in [1.82, 2.24) is 0 Å². The number of carbonyl (C=O) groups is 4. The lowest BCUT2D eigenvalue weighted by molar-refractivity contribution is -0.116. The molecule has 1 heterocycles. The molecule has 1 aliphatic heterocycles. The van der Waals surface area contributed by atoms with Gasteiger partial charge in [-0.25, -0.2) is 14.4 Å². The Hall–Kier alpha value is -3.68. The first-order chi connectivity index (χ1) is 13.8. The summed E-state index contributed by atoms with van der Waals surface area (Å²) in [6.45, 7) is 2.05. The quantitative estimate of drug-likeness (QED) is 0.577. The van der Waals surface area contributed by atoms with Crippen LogP contribution in [0.1, 0.15) is 43.6 Å². The topological polar surface area (TPSA) is 99.2 Å². The highest BCUT2D eigenvalue weighted by atomic mass is 16.5. The Bertz CT molecular complexity index is 978. The van der Waals surface area contributed by atoms with Crippen LogP contribution in [0.4, 0.5) is 5.69 Å². The van der Waals surface area contributed by atoms with Crippen LogP contribution >= 0.6 is 0 Å². The van der Waals surface area contributed by atoms with Crippen LogP contribution in [-0.4, -0.2) is 44.6 Å². The number of esters is 3. The van der Waals surface area contributed by atoms with Crippen molar-refractivity contribution in [3.63, 3.8) is 0 Å². The summed E-state index contributed by atoms with van der Waals surface area (Å²) < 4.78 is 14.7. The molecule has 0 radical (unpaired) electrons. The molecular weight excluding hydrogens is 378 g/mol. The number of amides is 1. The number of ether oxygens (including phenoxy) is 3. The third kappa shape index (κ3) is 4.11. The third-order valence-corrected chi connectivity index (χ3v) is 4.55. The smallest absolute Gasteiger partial charge is 0.343 e. The third-order valence-electron chi connectivity index (χ3n) is 4.55. The lowest BCUT2D eigenvalue weighted by Crippen LogP contribution is -2.25. The van der Waals surface area contributed by atoms with Crippen LogP contribution in [-0.2, 0) is 20.7 Å². The van der Waals surface area contributed by atoms with Gasteiger partial charge < -0.3 is 19.1 Å². The minimum absolute atomic E-state index is 0.00385. The SMILES string of the molecule is COC(=O)c1cc(OC(=O)c2ccc3c(c2)CCN3C(C)=O)cc(C(=O)OC)c1. The lowest BCUT2D eigenvalue weighted by atomic mass is 10.1. The maximum Gasteiger partial charge on any atom is 0.343 e. The molecule has 2 aromatic rings. The van der Waals surface area contributed by atoms with Crippen molar-refractivity contribution >= 4 is 29.5 Å². The number of methoxy groups -OCH3 is 2. The molecule has 0 saturated carbocycles. The molecule has 0 spiro atoms. The van der Waals surface area contributed by atoms with Crippen LogP contribution in [0.5, 0.6) is 5.75 Å². The fourth-order valence-corrected chi connectivity index (χ4v) is 3.15. The molecule has 2 aromatic carbocycles. The molecule has 1 amide bonds. The Morgan fingerprint density at radius 3 is 2.00 bits per heavy atom. The summed E-state index contributed by atoms with van der Waals surface area (Å²) in [4.78, 5) is 49.6. The highest BCUT2D eigenvalue weighted by Crippen LogP contribution is 2.29. The van der Waals surface area contributed by atoms with Gasteiger partial charge in [0, 0.05) is 19.2 Å². The summed E-state index contributed by atoms with van der Waals surface area (Å²) in [7, 11) is 2.40. The van der Waals surface area contributed by atoms with Gasteiger partial charge in [0.2, 0.25) is 5.91 Å². The standard InChI is InChI=1S/C21H19NO7/c1-12(23)22-7-6-13-8-14(4-5-18(13)22)21(26)29-17-10-15(19(24)27-2)9-16(11-17)20(25)28-3/h4-5,8-11H,6-7H2,1-3H3. The van der Waals surface area contributed by atoms with E-state index in [1.54, 1.807) is 23.1 Å². The Morgan fingerprint density at radius 2 is 1.45 bits per heavy atom. The van der Waals surface area contributed by atoms with Crippen molar-refractivity contribution in [2.75, 3.05) is 25.7 Å². The van der Waals surface area contributed by atoms with Gasteiger partial charge in [0.15, 0.2) is 0 Å². The van der Waals surface area contributed by atoms with Crippen LogP contribution in [0, 0.1) is 0 Å². The monoisotopic (exact) mass is 397 g/mol. The zero-order valence-corrected chi connectivity index (χ0v) is 16.2. The van der Waals surface area contributed by atoms with Crippen LogP contribution in [0.2, 0.25) is 0 Å². The van der Waals surface area contributed by atoms with Gasteiger partial charge in [-0.3, -0.25) is 4.79 Å². The number of rotatable bonds is 4. The summed E-state index contributed by atoms with van der Waals surface area (Å²) in [6, 6.07) is 8.84. The predicted molar refractivity (Wildman–Crippen MR) is 102 cm³/mol.